The number of hydrogen-bond acceptors (Lipinski definition) is 5. The Balaban J connectivity index is 1.59. The molecule has 0 radical (unpaired) electrons. The molecule has 152 valence electrons. The van der Waals surface area contributed by atoms with Crippen LogP contribution in [0.5, 0.6) is 17.2 Å². The molecule has 5 nitrogen and oxygen atoms in total. The summed E-state index contributed by atoms with van der Waals surface area (Å²) < 4.78 is 30.7. The van der Waals surface area contributed by atoms with Crippen molar-refractivity contribution in [2.45, 2.75) is 18.7 Å². The molecule has 0 amide bonds. The Morgan fingerprint density at radius 1 is 1.00 bits per heavy atom. The van der Waals surface area contributed by atoms with Crippen molar-refractivity contribution in [3.05, 3.63) is 89.2 Å². The van der Waals surface area contributed by atoms with Gasteiger partial charge in [-0.15, -0.1) is 0 Å². The zero-order valence-corrected chi connectivity index (χ0v) is 16.7. The van der Waals surface area contributed by atoms with Crippen LogP contribution in [0.3, 0.4) is 0 Å². The van der Waals surface area contributed by atoms with Gasteiger partial charge in [-0.25, -0.2) is 9.40 Å². The summed E-state index contributed by atoms with van der Waals surface area (Å²) >= 11 is 0. The molecule has 0 bridgehead atoms. The molecule has 3 aromatic rings. The van der Waals surface area contributed by atoms with Gasteiger partial charge in [-0.05, 0) is 30.3 Å². The van der Waals surface area contributed by atoms with Crippen LogP contribution >= 0.6 is 0 Å². The maximum atomic E-state index is 13.5. The standard InChI is InChI=1S/C24H21FN2O3/c1-28-17-11-12-18(23(13-17)29-2)20-14-21-19-5-3-4-6-22(19)30-24(27(21)26-20)15-7-9-16(25)10-8-15/h3-13,21,24H,14H2,1-2H3/t21-,24+/m0/s1. The van der Waals surface area contributed by atoms with Crippen molar-refractivity contribution in [3.63, 3.8) is 0 Å². The van der Waals surface area contributed by atoms with Gasteiger partial charge in [0.2, 0.25) is 6.23 Å². The average molecular weight is 404 g/mol. The molecule has 2 aliphatic rings. The summed E-state index contributed by atoms with van der Waals surface area (Å²) in [5, 5.41) is 6.90. The molecule has 0 N–H and O–H groups in total. The van der Waals surface area contributed by atoms with Crippen LogP contribution in [0.15, 0.2) is 71.8 Å². The summed E-state index contributed by atoms with van der Waals surface area (Å²) in [6, 6.07) is 20.1. The first kappa shape index (κ1) is 18.5. The summed E-state index contributed by atoms with van der Waals surface area (Å²) in [6.45, 7) is 0. The van der Waals surface area contributed by atoms with Crippen molar-refractivity contribution < 1.29 is 18.6 Å². The molecular weight excluding hydrogens is 383 g/mol. The molecule has 5 rings (SSSR count). The number of halogens is 1. The second-order valence-electron chi connectivity index (χ2n) is 7.27. The van der Waals surface area contributed by atoms with E-state index in [0.29, 0.717) is 12.2 Å². The third-order valence-corrected chi connectivity index (χ3v) is 5.57. The van der Waals surface area contributed by atoms with E-state index in [4.69, 9.17) is 19.3 Å². The number of ether oxygens (including phenoxy) is 3. The molecule has 0 saturated carbocycles. The van der Waals surface area contributed by atoms with Crippen LogP contribution in [0, 0.1) is 5.82 Å². The number of benzene rings is 3. The lowest BCUT2D eigenvalue weighted by atomic mass is 9.95. The van der Waals surface area contributed by atoms with E-state index < -0.39 is 6.23 Å². The Hall–Kier alpha value is -3.54. The Labute approximate surface area is 174 Å². The highest BCUT2D eigenvalue weighted by atomic mass is 19.1. The molecule has 2 heterocycles. The van der Waals surface area contributed by atoms with Crippen LogP contribution in [-0.4, -0.2) is 24.9 Å². The van der Waals surface area contributed by atoms with E-state index in [1.807, 2.05) is 41.4 Å². The highest BCUT2D eigenvalue weighted by molar-refractivity contribution is 6.04. The fraction of sp³-hybridized carbons (Fsp3) is 0.208. The maximum absolute atomic E-state index is 13.5. The van der Waals surface area contributed by atoms with Crippen molar-refractivity contribution in [2.24, 2.45) is 5.10 Å². The zero-order valence-electron chi connectivity index (χ0n) is 16.7. The van der Waals surface area contributed by atoms with Gasteiger partial charge < -0.3 is 14.2 Å². The van der Waals surface area contributed by atoms with Gasteiger partial charge >= 0.3 is 0 Å². The predicted molar refractivity (Wildman–Crippen MR) is 111 cm³/mol. The number of rotatable bonds is 4. The van der Waals surface area contributed by atoms with Gasteiger partial charge in [0, 0.05) is 29.2 Å². The Morgan fingerprint density at radius 3 is 2.57 bits per heavy atom. The van der Waals surface area contributed by atoms with Gasteiger partial charge in [0.05, 0.1) is 26.0 Å². The molecule has 0 fully saturated rings. The second kappa shape index (κ2) is 7.37. The molecule has 30 heavy (non-hydrogen) atoms. The number of nitrogens with zero attached hydrogens (tertiary/aromatic N) is 2. The van der Waals surface area contributed by atoms with Crippen LogP contribution in [-0.2, 0) is 0 Å². The number of para-hydroxylation sites is 1. The van der Waals surface area contributed by atoms with Crippen LogP contribution in [0.1, 0.15) is 35.4 Å². The minimum atomic E-state index is -0.438. The van der Waals surface area contributed by atoms with Crippen molar-refractivity contribution in [1.29, 1.82) is 0 Å². The molecule has 2 aliphatic heterocycles. The highest BCUT2D eigenvalue weighted by Gasteiger charge is 2.41. The van der Waals surface area contributed by atoms with Crippen LogP contribution in [0.25, 0.3) is 0 Å². The smallest absolute Gasteiger partial charge is 0.213 e. The first-order valence-corrected chi connectivity index (χ1v) is 9.77. The Morgan fingerprint density at radius 2 is 1.80 bits per heavy atom. The SMILES string of the molecule is COc1ccc(C2=NN3[C@@H](c4ccc(F)cc4)Oc4ccccc4[C@@H]3C2)c(OC)c1. The highest BCUT2D eigenvalue weighted by Crippen LogP contribution is 2.48. The third kappa shape index (κ3) is 3.05. The number of hydrogen-bond donors (Lipinski definition) is 0. The van der Waals surface area contributed by atoms with Gasteiger partial charge in [0.15, 0.2) is 0 Å². The molecule has 3 aromatic carbocycles. The first-order valence-electron chi connectivity index (χ1n) is 9.77. The van der Waals surface area contributed by atoms with Crippen LogP contribution < -0.4 is 14.2 Å². The van der Waals surface area contributed by atoms with E-state index in [0.717, 1.165) is 33.9 Å². The van der Waals surface area contributed by atoms with Gasteiger partial charge in [-0.1, -0.05) is 30.3 Å². The number of hydrazone groups is 1. The van der Waals surface area contributed by atoms with Crippen molar-refractivity contribution in [2.75, 3.05) is 14.2 Å². The third-order valence-electron chi connectivity index (χ3n) is 5.57. The van der Waals surface area contributed by atoms with E-state index in [1.54, 1.807) is 26.4 Å². The van der Waals surface area contributed by atoms with Crippen LogP contribution in [0.4, 0.5) is 4.39 Å². The van der Waals surface area contributed by atoms with Gasteiger partial charge in [-0.3, -0.25) is 0 Å². The average Bonchev–Trinajstić information content (AvgIpc) is 3.24. The lowest BCUT2D eigenvalue weighted by Gasteiger charge is -2.38. The lowest BCUT2D eigenvalue weighted by molar-refractivity contribution is -0.0190. The summed E-state index contributed by atoms with van der Waals surface area (Å²) in [6.07, 6.45) is 0.271. The minimum absolute atomic E-state index is 0.0202. The van der Waals surface area contributed by atoms with Crippen molar-refractivity contribution in [3.8, 4) is 17.2 Å². The number of fused-ring (bicyclic) bond motifs is 3. The lowest BCUT2D eigenvalue weighted by Crippen LogP contribution is -2.33. The van der Waals surface area contributed by atoms with E-state index >= 15 is 0 Å². The quantitative estimate of drug-likeness (QED) is 0.608. The summed E-state index contributed by atoms with van der Waals surface area (Å²) in [7, 11) is 3.27. The molecule has 0 saturated heterocycles. The molecule has 6 heteroatoms. The van der Waals surface area contributed by atoms with Crippen molar-refractivity contribution in [1.82, 2.24) is 5.01 Å². The largest absolute Gasteiger partial charge is 0.497 e. The van der Waals surface area contributed by atoms with E-state index in [9.17, 15) is 4.39 Å². The van der Waals surface area contributed by atoms with E-state index in [1.165, 1.54) is 12.1 Å². The molecule has 0 aliphatic carbocycles. The maximum Gasteiger partial charge on any atom is 0.213 e. The molecule has 0 aromatic heterocycles. The predicted octanol–water partition coefficient (Wildman–Crippen LogP) is 5.09. The molecule has 2 atom stereocenters. The Kier molecular flexibility index (Phi) is 4.54. The summed E-state index contributed by atoms with van der Waals surface area (Å²) in [5.41, 5.74) is 3.76. The van der Waals surface area contributed by atoms with Gasteiger partial charge in [0.1, 0.15) is 23.1 Å². The topological polar surface area (TPSA) is 43.3 Å². The van der Waals surface area contributed by atoms with Gasteiger partial charge in [0.25, 0.3) is 0 Å². The minimum Gasteiger partial charge on any atom is -0.497 e. The van der Waals surface area contributed by atoms with E-state index in [2.05, 4.69) is 6.07 Å². The number of methoxy groups -OCH3 is 2. The summed E-state index contributed by atoms with van der Waals surface area (Å²) in [4.78, 5) is 0. The summed E-state index contributed by atoms with van der Waals surface area (Å²) in [5.74, 6) is 1.98. The molecule has 0 spiro atoms. The van der Waals surface area contributed by atoms with E-state index in [-0.39, 0.29) is 11.9 Å². The molecular formula is C24H21FN2O3. The Bertz CT molecular complexity index is 1110. The normalized spacial score (nSPS) is 19.4. The monoisotopic (exact) mass is 404 g/mol. The fourth-order valence-electron chi connectivity index (χ4n) is 4.08. The van der Waals surface area contributed by atoms with Gasteiger partial charge in [-0.2, -0.15) is 5.10 Å². The first-order chi connectivity index (χ1) is 14.7. The zero-order chi connectivity index (χ0) is 20.7. The van der Waals surface area contributed by atoms with Crippen LogP contribution in [0.2, 0.25) is 0 Å². The second-order valence-corrected chi connectivity index (χ2v) is 7.27. The van der Waals surface area contributed by atoms with Crippen molar-refractivity contribution >= 4 is 5.71 Å². The molecule has 0 unspecified atom stereocenters. The fourth-order valence-corrected chi connectivity index (χ4v) is 4.08.